The molecule has 0 saturated carbocycles. The second kappa shape index (κ2) is 7.11. The van der Waals surface area contributed by atoms with Crippen LogP contribution in [-0.4, -0.2) is 45.0 Å². The van der Waals surface area contributed by atoms with Crippen LogP contribution in [0.15, 0.2) is 24.3 Å². The second-order valence-corrected chi connectivity index (χ2v) is 5.62. The molecule has 1 heterocycles. The second-order valence-electron chi connectivity index (χ2n) is 5.62. The molecule has 0 aliphatic heterocycles. The van der Waals surface area contributed by atoms with Crippen LogP contribution in [0.25, 0.3) is 0 Å². The molecule has 22 heavy (non-hydrogen) atoms. The van der Waals surface area contributed by atoms with Gasteiger partial charge in [-0.15, -0.1) is 10.2 Å². The van der Waals surface area contributed by atoms with Crippen molar-refractivity contribution < 1.29 is 9.18 Å². The van der Waals surface area contributed by atoms with Gasteiger partial charge in [-0.2, -0.15) is 5.21 Å². The maximum absolute atomic E-state index is 13.2. The van der Waals surface area contributed by atoms with E-state index in [-0.39, 0.29) is 23.6 Å². The summed E-state index contributed by atoms with van der Waals surface area (Å²) in [5.41, 5.74) is 0.820. The highest BCUT2D eigenvalue weighted by Crippen LogP contribution is 2.15. The molecular weight excluding hydrogens is 285 g/mol. The van der Waals surface area contributed by atoms with Crippen molar-refractivity contribution in [2.75, 3.05) is 13.6 Å². The predicted molar refractivity (Wildman–Crippen MR) is 79.5 cm³/mol. The molecule has 0 spiro atoms. The Labute approximate surface area is 128 Å². The lowest BCUT2D eigenvalue weighted by atomic mass is 9.99. The summed E-state index contributed by atoms with van der Waals surface area (Å²) in [6.07, 6.45) is 0.511. The molecule has 7 heteroatoms. The quantitative estimate of drug-likeness (QED) is 0.882. The minimum Gasteiger partial charge on any atom is -0.345 e. The summed E-state index contributed by atoms with van der Waals surface area (Å²) >= 11 is 0. The molecule has 2 aromatic rings. The van der Waals surface area contributed by atoms with Crippen LogP contribution in [0.4, 0.5) is 4.39 Å². The molecule has 1 amide bonds. The number of hydrogen-bond donors (Lipinski definition) is 1. The zero-order chi connectivity index (χ0) is 16.1. The van der Waals surface area contributed by atoms with Crippen molar-refractivity contribution >= 4 is 5.91 Å². The summed E-state index contributed by atoms with van der Waals surface area (Å²) in [4.78, 5) is 14.1. The Balaban J connectivity index is 1.92. The molecule has 0 bridgehead atoms. The van der Waals surface area contributed by atoms with Crippen LogP contribution in [0.3, 0.4) is 0 Å². The first-order chi connectivity index (χ1) is 10.5. The summed E-state index contributed by atoms with van der Waals surface area (Å²) in [5.74, 6) is 0.0895. The smallest absolute Gasteiger partial charge is 0.225 e. The van der Waals surface area contributed by atoms with Crippen molar-refractivity contribution in [1.29, 1.82) is 0 Å². The molecule has 1 aromatic heterocycles. The number of H-pyrrole nitrogens is 1. The van der Waals surface area contributed by atoms with E-state index in [1.807, 2.05) is 19.9 Å². The van der Waals surface area contributed by atoms with Crippen LogP contribution in [0.1, 0.15) is 31.2 Å². The van der Waals surface area contributed by atoms with Crippen molar-refractivity contribution in [2.24, 2.45) is 5.92 Å². The van der Waals surface area contributed by atoms with Crippen LogP contribution in [0.5, 0.6) is 0 Å². The van der Waals surface area contributed by atoms with Gasteiger partial charge >= 0.3 is 0 Å². The van der Waals surface area contributed by atoms with Crippen molar-refractivity contribution in [2.45, 2.75) is 26.2 Å². The first kappa shape index (κ1) is 16.1. The summed E-state index contributed by atoms with van der Waals surface area (Å²) < 4.78 is 13.2. The van der Waals surface area contributed by atoms with Crippen molar-refractivity contribution in [3.8, 4) is 0 Å². The normalized spacial score (nSPS) is 13.6. The van der Waals surface area contributed by atoms with Crippen LogP contribution in [0, 0.1) is 11.7 Å². The minimum atomic E-state index is -0.281. The van der Waals surface area contributed by atoms with Gasteiger partial charge in [0.15, 0.2) is 5.82 Å². The number of carbonyl (C=O) groups excluding carboxylic acids is 1. The molecule has 1 N–H and O–H groups in total. The minimum absolute atomic E-state index is 0.00549. The molecular formula is C15H20FN5O. The Morgan fingerprint density at radius 1 is 1.41 bits per heavy atom. The van der Waals surface area contributed by atoms with E-state index >= 15 is 0 Å². The van der Waals surface area contributed by atoms with Gasteiger partial charge in [-0.3, -0.25) is 4.79 Å². The maximum atomic E-state index is 13.2. The van der Waals surface area contributed by atoms with Gasteiger partial charge in [0, 0.05) is 25.4 Å². The van der Waals surface area contributed by atoms with Crippen LogP contribution < -0.4 is 0 Å². The Hall–Kier alpha value is -2.31. The van der Waals surface area contributed by atoms with Crippen LogP contribution >= 0.6 is 0 Å². The van der Waals surface area contributed by atoms with Gasteiger partial charge in [-0.1, -0.05) is 31.2 Å². The lowest BCUT2D eigenvalue weighted by molar-refractivity contribution is -0.133. The number of rotatable bonds is 6. The predicted octanol–water partition coefficient (Wildman–Crippen LogP) is 1.78. The van der Waals surface area contributed by atoms with Gasteiger partial charge in [0.05, 0.1) is 0 Å². The molecule has 0 fully saturated rings. The number of carbonyl (C=O) groups is 1. The highest BCUT2D eigenvalue weighted by Gasteiger charge is 2.21. The van der Waals surface area contributed by atoms with E-state index < -0.39 is 0 Å². The number of aromatic nitrogens is 4. The first-order valence-electron chi connectivity index (χ1n) is 7.20. The first-order valence-corrected chi connectivity index (χ1v) is 7.20. The number of aromatic amines is 1. The maximum Gasteiger partial charge on any atom is 0.225 e. The average Bonchev–Trinajstić information content (AvgIpc) is 3.00. The van der Waals surface area contributed by atoms with Crippen molar-refractivity contribution in [3.63, 3.8) is 0 Å². The molecule has 118 valence electrons. The van der Waals surface area contributed by atoms with Crippen molar-refractivity contribution in [3.05, 3.63) is 41.5 Å². The zero-order valence-corrected chi connectivity index (χ0v) is 13.0. The van der Waals surface area contributed by atoms with Gasteiger partial charge in [-0.25, -0.2) is 4.39 Å². The molecule has 2 rings (SSSR count). The largest absolute Gasteiger partial charge is 0.345 e. The fourth-order valence-electron chi connectivity index (χ4n) is 2.44. The standard InChI is InChI=1S/C15H20FN5O/c1-10(7-12-5-4-6-13(16)8-12)15(22)21(3)9-11(2)14-17-19-20-18-14/h4-6,8,10-11H,7,9H2,1-3H3,(H,17,18,19,20)/t10-,11+/m0/s1. The van der Waals surface area contributed by atoms with Crippen molar-refractivity contribution in [1.82, 2.24) is 25.5 Å². The molecule has 6 nitrogen and oxygen atoms in total. The third-order valence-electron chi connectivity index (χ3n) is 3.58. The Kier molecular flexibility index (Phi) is 5.19. The zero-order valence-electron chi connectivity index (χ0n) is 13.0. The van der Waals surface area contributed by atoms with Gasteiger partial charge in [0.25, 0.3) is 0 Å². The Bertz CT molecular complexity index is 616. The van der Waals surface area contributed by atoms with E-state index in [1.165, 1.54) is 12.1 Å². The molecule has 2 atom stereocenters. The number of nitrogens with zero attached hydrogens (tertiary/aromatic N) is 4. The lowest BCUT2D eigenvalue weighted by Gasteiger charge is -2.23. The number of hydrogen-bond acceptors (Lipinski definition) is 4. The van der Waals surface area contributed by atoms with Gasteiger partial charge in [0.1, 0.15) is 5.82 Å². The van der Waals surface area contributed by atoms with E-state index in [0.717, 1.165) is 5.56 Å². The molecule has 0 radical (unpaired) electrons. The molecule has 1 aromatic carbocycles. The molecule has 0 unspecified atom stereocenters. The van der Waals surface area contributed by atoms with Gasteiger partial charge in [-0.05, 0) is 24.1 Å². The fraction of sp³-hybridized carbons (Fsp3) is 0.467. The van der Waals surface area contributed by atoms with Crippen LogP contribution in [0.2, 0.25) is 0 Å². The monoisotopic (exact) mass is 305 g/mol. The Morgan fingerprint density at radius 2 is 2.18 bits per heavy atom. The van der Waals surface area contributed by atoms with Crippen LogP contribution in [-0.2, 0) is 11.2 Å². The van der Waals surface area contributed by atoms with E-state index in [1.54, 1.807) is 18.0 Å². The third-order valence-corrected chi connectivity index (χ3v) is 3.58. The number of halogens is 1. The summed E-state index contributed by atoms with van der Waals surface area (Å²) in [6.45, 7) is 4.29. The summed E-state index contributed by atoms with van der Waals surface area (Å²) in [5, 5.41) is 13.8. The lowest BCUT2D eigenvalue weighted by Crippen LogP contribution is -2.35. The number of amides is 1. The summed E-state index contributed by atoms with van der Waals surface area (Å²) in [6, 6.07) is 6.35. The fourth-order valence-corrected chi connectivity index (χ4v) is 2.44. The summed E-state index contributed by atoms with van der Waals surface area (Å²) in [7, 11) is 1.75. The van der Waals surface area contributed by atoms with E-state index in [4.69, 9.17) is 0 Å². The molecule has 0 aliphatic carbocycles. The highest BCUT2D eigenvalue weighted by molar-refractivity contribution is 5.78. The van der Waals surface area contributed by atoms with E-state index in [9.17, 15) is 9.18 Å². The number of benzene rings is 1. The number of nitrogens with one attached hydrogen (secondary N) is 1. The van der Waals surface area contributed by atoms with Gasteiger partial charge < -0.3 is 4.90 Å². The molecule has 0 aliphatic rings. The third kappa shape index (κ3) is 4.09. The highest BCUT2D eigenvalue weighted by atomic mass is 19.1. The average molecular weight is 305 g/mol. The Morgan fingerprint density at radius 3 is 2.82 bits per heavy atom. The molecule has 0 saturated heterocycles. The van der Waals surface area contributed by atoms with Gasteiger partial charge in [0.2, 0.25) is 5.91 Å². The number of tetrazole rings is 1. The van der Waals surface area contributed by atoms with E-state index in [0.29, 0.717) is 18.8 Å². The van der Waals surface area contributed by atoms with E-state index in [2.05, 4.69) is 20.6 Å². The SMILES string of the molecule is C[C@H](CN(C)C(=O)[C@@H](C)Cc1cccc(F)c1)c1nn[nH]n1. The number of likely N-dealkylation sites (N-methyl/N-ethyl adjacent to an activating group) is 1. The topological polar surface area (TPSA) is 74.8 Å².